The number of ether oxygens (including phenoxy) is 1. The SMILES string of the molecule is COCCN(Cc1ccncc1)C[C@@H]1CCCN(C2Cc3ccccc3C2)C1. The lowest BCUT2D eigenvalue weighted by molar-refractivity contribution is 0.0843. The first-order valence-electron chi connectivity index (χ1n) is 10.7. The number of nitrogens with zero attached hydrogens (tertiary/aromatic N) is 3. The van der Waals surface area contributed by atoms with Crippen molar-refractivity contribution in [2.75, 3.05) is 39.9 Å². The molecule has 1 aromatic heterocycles. The summed E-state index contributed by atoms with van der Waals surface area (Å²) in [6.07, 6.45) is 8.91. The molecule has 1 saturated heterocycles. The van der Waals surface area contributed by atoms with Gasteiger partial charge in [0, 0.05) is 51.7 Å². The summed E-state index contributed by atoms with van der Waals surface area (Å²) in [7, 11) is 1.80. The Morgan fingerprint density at radius 2 is 1.86 bits per heavy atom. The molecule has 0 spiro atoms. The molecule has 1 aromatic carbocycles. The summed E-state index contributed by atoms with van der Waals surface area (Å²) in [6, 6.07) is 14.0. The van der Waals surface area contributed by atoms with Crippen molar-refractivity contribution in [2.45, 2.75) is 38.3 Å². The number of fused-ring (bicyclic) bond motifs is 1. The average molecular weight is 380 g/mol. The van der Waals surface area contributed by atoms with E-state index in [1.807, 2.05) is 12.4 Å². The van der Waals surface area contributed by atoms with Gasteiger partial charge in [-0.15, -0.1) is 0 Å². The average Bonchev–Trinajstić information content (AvgIpc) is 3.17. The van der Waals surface area contributed by atoms with Gasteiger partial charge < -0.3 is 4.74 Å². The Kier molecular flexibility index (Phi) is 6.73. The van der Waals surface area contributed by atoms with Crippen molar-refractivity contribution >= 4 is 0 Å². The van der Waals surface area contributed by atoms with Crippen molar-refractivity contribution in [1.29, 1.82) is 0 Å². The molecule has 2 heterocycles. The second-order valence-electron chi connectivity index (χ2n) is 8.42. The van der Waals surface area contributed by atoms with Gasteiger partial charge in [0.1, 0.15) is 0 Å². The fraction of sp³-hybridized carbons (Fsp3) is 0.542. The molecule has 0 amide bonds. The highest BCUT2D eigenvalue weighted by molar-refractivity contribution is 5.33. The number of aromatic nitrogens is 1. The molecule has 1 aliphatic heterocycles. The highest BCUT2D eigenvalue weighted by atomic mass is 16.5. The molecule has 4 heteroatoms. The predicted octanol–water partition coefficient (Wildman–Crippen LogP) is 3.41. The van der Waals surface area contributed by atoms with Gasteiger partial charge in [-0.2, -0.15) is 0 Å². The lowest BCUT2D eigenvalue weighted by Crippen LogP contribution is -2.46. The van der Waals surface area contributed by atoms with Crippen LogP contribution in [-0.4, -0.2) is 60.7 Å². The van der Waals surface area contributed by atoms with Crippen molar-refractivity contribution in [1.82, 2.24) is 14.8 Å². The summed E-state index contributed by atoms with van der Waals surface area (Å²) in [5.41, 5.74) is 4.47. The quantitative estimate of drug-likeness (QED) is 0.703. The molecule has 0 saturated carbocycles. The number of benzene rings is 1. The van der Waals surface area contributed by atoms with E-state index in [2.05, 4.69) is 51.2 Å². The first-order valence-corrected chi connectivity index (χ1v) is 10.7. The van der Waals surface area contributed by atoms with E-state index in [9.17, 15) is 0 Å². The van der Waals surface area contributed by atoms with Crippen LogP contribution in [0.3, 0.4) is 0 Å². The molecular weight excluding hydrogens is 346 g/mol. The number of pyridine rings is 1. The second-order valence-corrected chi connectivity index (χ2v) is 8.42. The first-order chi connectivity index (χ1) is 13.8. The first kappa shape index (κ1) is 19.6. The van der Waals surface area contributed by atoms with Crippen LogP contribution in [0.1, 0.15) is 29.5 Å². The molecule has 0 bridgehead atoms. The van der Waals surface area contributed by atoms with Crippen LogP contribution < -0.4 is 0 Å². The highest BCUT2D eigenvalue weighted by Crippen LogP contribution is 2.29. The smallest absolute Gasteiger partial charge is 0.0589 e. The highest BCUT2D eigenvalue weighted by Gasteiger charge is 2.30. The van der Waals surface area contributed by atoms with Crippen LogP contribution in [0.25, 0.3) is 0 Å². The maximum Gasteiger partial charge on any atom is 0.0589 e. The lowest BCUT2D eigenvalue weighted by atomic mass is 9.95. The van der Waals surface area contributed by atoms with Crippen molar-refractivity contribution in [2.24, 2.45) is 5.92 Å². The summed E-state index contributed by atoms with van der Waals surface area (Å²) in [4.78, 5) is 9.49. The number of likely N-dealkylation sites (tertiary alicyclic amines) is 1. The molecule has 1 aliphatic carbocycles. The van der Waals surface area contributed by atoms with Gasteiger partial charge >= 0.3 is 0 Å². The third-order valence-corrected chi connectivity index (χ3v) is 6.38. The number of hydrogen-bond donors (Lipinski definition) is 0. The predicted molar refractivity (Wildman–Crippen MR) is 113 cm³/mol. The van der Waals surface area contributed by atoms with E-state index in [0.717, 1.165) is 32.2 Å². The minimum Gasteiger partial charge on any atom is -0.383 e. The minimum absolute atomic E-state index is 0.702. The topological polar surface area (TPSA) is 28.6 Å². The van der Waals surface area contributed by atoms with Crippen LogP contribution in [-0.2, 0) is 24.1 Å². The van der Waals surface area contributed by atoms with Crippen molar-refractivity contribution < 1.29 is 4.74 Å². The van der Waals surface area contributed by atoms with E-state index < -0.39 is 0 Å². The third-order valence-electron chi connectivity index (χ3n) is 6.38. The summed E-state index contributed by atoms with van der Waals surface area (Å²) < 4.78 is 5.37. The Morgan fingerprint density at radius 3 is 2.57 bits per heavy atom. The maximum absolute atomic E-state index is 5.37. The molecule has 2 aliphatic rings. The molecule has 0 N–H and O–H groups in total. The zero-order valence-corrected chi connectivity index (χ0v) is 17.1. The Balaban J connectivity index is 1.35. The van der Waals surface area contributed by atoms with E-state index >= 15 is 0 Å². The molecule has 1 fully saturated rings. The van der Waals surface area contributed by atoms with Crippen molar-refractivity contribution in [3.63, 3.8) is 0 Å². The normalized spacial score (nSPS) is 20.6. The van der Waals surface area contributed by atoms with Gasteiger partial charge in [-0.25, -0.2) is 0 Å². The molecule has 2 aromatic rings. The van der Waals surface area contributed by atoms with Gasteiger partial charge in [0.15, 0.2) is 0 Å². The molecule has 1 atom stereocenters. The van der Waals surface area contributed by atoms with Crippen molar-refractivity contribution in [3.05, 3.63) is 65.5 Å². The van der Waals surface area contributed by atoms with E-state index in [0.29, 0.717) is 6.04 Å². The van der Waals surface area contributed by atoms with Crippen LogP contribution >= 0.6 is 0 Å². The van der Waals surface area contributed by atoms with E-state index in [1.54, 1.807) is 18.2 Å². The molecular formula is C24H33N3O. The van der Waals surface area contributed by atoms with Crippen LogP contribution in [0.15, 0.2) is 48.8 Å². The lowest BCUT2D eigenvalue weighted by Gasteiger charge is -2.38. The molecule has 0 radical (unpaired) electrons. The number of piperidine rings is 1. The van der Waals surface area contributed by atoms with E-state index in [-0.39, 0.29) is 0 Å². The molecule has 4 rings (SSSR count). The van der Waals surface area contributed by atoms with Gasteiger partial charge in [0.25, 0.3) is 0 Å². The van der Waals surface area contributed by atoms with E-state index in [4.69, 9.17) is 4.74 Å². The van der Waals surface area contributed by atoms with E-state index in [1.165, 1.54) is 44.3 Å². The van der Waals surface area contributed by atoms with Gasteiger partial charge in [0.05, 0.1) is 6.61 Å². The molecule has 0 unspecified atom stereocenters. The summed E-state index contributed by atoms with van der Waals surface area (Å²) in [5.74, 6) is 0.746. The standard InChI is InChI=1S/C24H33N3O/c1-28-14-13-26(17-20-8-10-25-11-9-20)18-21-5-4-12-27(19-21)24-15-22-6-2-3-7-23(22)16-24/h2-3,6-11,21,24H,4-5,12-19H2,1H3/t21-/m0/s1. The zero-order chi connectivity index (χ0) is 19.2. The summed E-state index contributed by atoms with van der Waals surface area (Å²) >= 11 is 0. The third kappa shape index (κ3) is 4.99. The zero-order valence-electron chi connectivity index (χ0n) is 17.1. The number of rotatable bonds is 8. The Hall–Kier alpha value is -1.75. The monoisotopic (exact) mass is 379 g/mol. The van der Waals surface area contributed by atoms with Gasteiger partial charge in [-0.3, -0.25) is 14.8 Å². The Labute approximate surface area is 169 Å². The van der Waals surface area contributed by atoms with Crippen LogP contribution in [0, 0.1) is 5.92 Å². The summed E-state index contributed by atoms with van der Waals surface area (Å²) in [5, 5.41) is 0. The number of hydrogen-bond acceptors (Lipinski definition) is 4. The Bertz CT molecular complexity index is 711. The van der Waals surface area contributed by atoms with Crippen LogP contribution in [0.4, 0.5) is 0 Å². The van der Waals surface area contributed by atoms with Crippen LogP contribution in [0.5, 0.6) is 0 Å². The molecule has 150 valence electrons. The largest absolute Gasteiger partial charge is 0.383 e. The van der Waals surface area contributed by atoms with Crippen LogP contribution in [0.2, 0.25) is 0 Å². The second kappa shape index (κ2) is 9.64. The Morgan fingerprint density at radius 1 is 1.11 bits per heavy atom. The minimum atomic E-state index is 0.702. The molecule has 4 nitrogen and oxygen atoms in total. The summed E-state index contributed by atoms with van der Waals surface area (Å²) in [6.45, 7) is 6.42. The van der Waals surface area contributed by atoms with Gasteiger partial charge in [-0.05, 0) is 67.0 Å². The number of methoxy groups -OCH3 is 1. The fourth-order valence-corrected chi connectivity index (χ4v) is 4.94. The molecule has 28 heavy (non-hydrogen) atoms. The van der Waals surface area contributed by atoms with Gasteiger partial charge in [0.2, 0.25) is 0 Å². The van der Waals surface area contributed by atoms with Crippen molar-refractivity contribution in [3.8, 4) is 0 Å². The maximum atomic E-state index is 5.37. The van der Waals surface area contributed by atoms with Gasteiger partial charge in [-0.1, -0.05) is 24.3 Å². The fourth-order valence-electron chi connectivity index (χ4n) is 4.94.